The summed E-state index contributed by atoms with van der Waals surface area (Å²) < 4.78 is 0. The highest BCUT2D eigenvalue weighted by Gasteiger charge is 2.29. The van der Waals surface area contributed by atoms with Crippen molar-refractivity contribution in [2.45, 2.75) is 40.2 Å². The summed E-state index contributed by atoms with van der Waals surface area (Å²) in [6.07, 6.45) is 1.69. The number of carbonyl (C=O) groups is 2. The summed E-state index contributed by atoms with van der Waals surface area (Å²) in [5.74, 6) is -0.0768. The molecular weight excluding hydrogens is 336 g/mol. The first-order chi connectivity index (χ1) is 12.9. The Balaban J connectivity index is 1.62. The highest BCUT2D eigenvalue weighted by Crippen LogP contribution is 2.20. The summed E-state index contributed by atoms with van der Waals surface area (Å²) in [6.45, 7) is 7.79. The van der Waals surface area contributed by atoms with Gasteiger partial charge in [0.1, 0.15) is 0 Å². The third kappa shape index (κ3) is 4.76. The quantitative estimate of drug-likeness (QED) is 0.897. The summed E-state index contributed by atoms with van der Waals surface area (Å²) in [6, 6.07) is 14.0. The van der Waals surface area contributed by atoms with Crippen molar-refractivity contribution in [3.05, 3.63) is 70.3 Å². The molecule has 3 rings (SSSR count). The van der Waals surface area contributed by atoms with Gasteiger partial charge in [-0.05, 0) is 56.9 Å². The Bertz CT molecular complexity index is 824. The maximum absolute atomic E-state index is 12.9. The molecule has 2 aromatic carbocycles. The van der Waals surface area contributed by atoms with E-state index in [1.807, 2.05) is 62.1 Å². The summed E-state index contributed by atoms with van der Waals surface area (Å²) in [4.78, 5) is 27.4. The molecule has 27 heavy (non-hydrogen) atoms. The molecule has 2 aromatic rings. The van der Waals surface area contributed by atoms with Gasteiger partial charge in [0.05, 0.1) is 5.92 Å². The second kappa shape index (κ2) is 8.38. The fourth-order valence-electron chi connectivity index (χ4n) is 3.79. The molecular formula is C23H28N2O2. The normalized spacial score (nSPS) is 16.9. The molecule has 4 nitrogen and oxygen atoms in total. The molecule has 1 aliphatic rings. The van der Waals surface area contributed by atoms with Crippen molar-refractivity contribution in [1.82, 2.24) is 10.2 Å². The second-order valence-electron chi connectivity index (χ2n) is 7.61. The van der Waals surface area contributed by atoms with Crippen LogP contribution in [0.25, 0.3) is 0 Å². The van der Waals surface area contributed by atoms with Crippen molar-refractivity contribution in [3.63, 3.8) is 0 Å². The highest BCUT2D eigenvalue weighted by molar-refractivity contribution is 5.95. The van der Waals surface area contributed by atoms with Gasteiger partial charge in [0, 0.05) is 25.2 Å². The van der Waals surface area contributed by atoms with Gasteiger partial charge in [-0.2, -0.15) is 0 Å². The van der Waals surface area contributed by atoms with Crippen molar-refractivity contribution in [3.8, 4) is 0 Å². The van der Waals surface area contributed by atoms with Crippen LogP contribution in [-0.2, 0) is 11.3 Å². The maximum Gasteiger partial charge on any atom is 0.253 e. The summed E-state index contributed by atoms with van der Waals surface area (Å²) in [7, 11) is 0. The van der Waals surface area contributed by atoms with Crippen LogP contribution in [0.2, 0.25) is 0 Å². The lowest BCUT2D eigenvalue weighted by Crippen LogP contribution is -2.45. The fraction of sp³-hybridized carbons (Fsp3) is 0.391. The van der Waals surface area contributed by atoms with Gasteiger partial charge in [0.2, 0.25) is 5.91 Å². The maximum atomic E-state index is 12.9. The topological polar surface area (TPSA) is 49.4 Å². The molecule has 142 valence electrons. The van der Waals surface area contributed by atoms with Crippen LogP contribution in [0.5, 0.6) is 0 Å². The highest BCUT2D eigenvalue weighted by atomic mass is 16.2. The van der Waals surface area contributed by atoms with Crippen LogP contribution in [0, 0.1) is 26.7 Å². The number of nitrogens with one attached hydrogen (secondary N) is 1. The molecule has 1 N–H and O–H groups in total. The molecule has 0 unspecified atom stereocenters. The number of carbonyl (C=O) groups excluding carboxylic acids is 2. The number of aryl methyl sites for hydroxylation is 3. The van der Waals surface area contributed by atoms with Crippen molar-refractivity contribution in [2.75, 3.05) is 13.1 Å². The minimum atomic E-state index is -0.141. The molecule has 1 heterocycles. The van der Waals surface area contributed by atoms with E-state index in [0.29, 0.717) is 25.2 Å². The Morgan fingerprint density at radius 2 is 1.78 bits per heavy atom. The Morgan fingerprint density at radius 1 is 1.07 bits per heavy atom. The molecule has 1 aliphatic heterocycles. The van der Waals surface area contributed by atoms with Gasteiger partial charge in [-0.3, -0.25) is 9.59 Å². The standard InChI is InChI=1S/C23H28N2O2/c1-16-11-17(2)13-21(12-16)23(27)25-10-6-9-20(15-25)22(26)24-14-19-8-5-4-7-18(19)3/h4-5,7-8,11-13,20H,6,9-10,14-15H2,1-3H3,(H,24,26)/t20-/m1/s1. The van der Waals surface area contributed by atoms with Crippen molar-refractivity contribution in [2.24, 2.45) is 5.92 Å². The Hall–Kier alpha value is -2.62. The van der Waals surface area contributed by atoms with Crippen LogP contribution in [0.3, 0.4) is 0 Å². The molecule has 2 amide bonds. The first-order valence-corrected chi connectivity index (χ1v) is 9.64. The van der Waals surface area contributed by atoms with Crippen LogP contribution in [0.15, 0.2) is 42.5 Å². The van der Waals surface area contributed by atoms with Gasteiger partial charge in [0.25, 0.3) is 5.91 Å². The van der Waals surface area contributed by atoms with Crippen LogP contribution in [0.1, 0.15) is 45.5 Å². The van der Waals surface area contributed by atoms with Crippen molar-refractivity contribution < 1.29 is 9.59 Å². The van der Waals surface area contributed by atoms with Crippen molar-refractivity contribution in [1.29, 1.82) is 0 Å². The van der Waals surface area contributed by atoms with Crippen molar-refractivity contribution >= 4 is 11.8 Å². The zero-order valence-electron chi connectivity index (χ0n) is 16.4. The SMILES string of the molecule is Cc1cc(C)cc(C(=O)N2CCC[C@@H](C(=O)NCc3ccccc3C)C2)c1. The lowest BCUT2D eigenvalue weighted by atomic mass is 9.96. The first kappa shape index (κ1) is 19.2. The molecule has 0 aliphatic carbocycles. The first-order valence-electron chi connectivity index (χ1n) is 9.64. The molecule has 0 radical (unpaired) electrons. The van der Waals surface area contributed by atoms with Crippen LogP contribution in [0.4, 0.5) is 0 Å². The van der Waals surface area contributed by atoms with Gasteiger partial charge in [-0.15, -0.1) is 0 Å². The van der Waals surface area contributed by atoms with Gasteiger partial charge in [-0.1, -0.05) is 41.5 Å². The Morgan fingerprint density at radius 3 is 2.48 bits per heavy atom. The van der Waals surface area contributed by atoms with E-state index < -0.39 is 0 Å². The smallest absolute Gasteiger partial charge is 0.253 e. The predicted molar refractivity (Wildman–Crippen MR) is 108 cm³/mol. The Kier molecular flexibility index (Phi) is 5.94. The minimum absolute atomic E-state index is 0.0261. The van der Waals surface area contributed by atoms with E-state index in [9.17, 15) is 9.59 Å². The number of nitrogens with zero attached hydrogens (tertiary/aromatic N) is 1. The summed E-state index contributed by atoms with van der Waals surface area (Å²) in [5.41, 5.74) is 5.19. The van der Waals surface area contributed by atoms with E-state index in [4.69, 9.17) is 0 Å². The third-order valence-electron chi connectivity index (χ3n) is 5.26. The molecule has 1 atom stereocenters. The number of benzene rings is 2. The summed E-state index contributed by atoms with van der Waals surface area (Å²) >= 11 is 0. The van der Waals surface area contributed by atoms with Gasteiger partial charge in [-0.25, -0.2) is 0 Å². The number of hydrogen-bond donors (Lipinski definition) is 1. The lowest BCUT2D eigenvalue weighted by Gasteiger charge is -2.32. The Labute approximate surface area is 161 Å². The number of rotatable bonds is 4. The van der Waals surface area contributed by atoms with Crippen LogP contribution < -0.4 is 5.32 Å². The number of likely N-dealkylation sites (tertiary alicyclic amines) is 1. The van der Waals surface area contributed by atoms with Gasteiger partial charge in [0.15, 0.2) is 0 Å². The van der Waals surface area contributed by atoms with Gasteiger partial charge < -0.3 is 10.2 Å². The molecule has 0 aromatic heterocycles. The zero-order chi connectivity index (χ0) is 19.4. The summed E-state index contributed by atoms with van der Waals surface area (Å²) in [5, 5.41) is 3.05. The average molecular weight is 364 g/mol. The number of piperidine rings is 1. The average Bonchev–Trinajstić information content (AvgIpc) is 2.66. The molecule has 0 bridgehead atoms. The van der Waals surface area contributed by atoms with E-state index in [0.717, 1.165) is 29.5 Å². The monoisotopic (exact) mass is 364 g/mol. The molecule has 0 spiro atoms. The molecule has 1 saturated heterocycles. The van der Waals surface area contributed by atoms with Crippen LogP contribution >= 0.6 is 0 Å². The predicted octanol–water partition coefficient (Wildman–Crippen LogP) is 3.78. The van der Waals surface area contributed by atoms with E-state index >= 15 is 0 Å². The van der Waals surface area contributed by atoms with E-state index in [1.54, 1.807) is 0 Å². The fourth-order valence-corrected chi connectivity index (χ4v) is 3.79. The lowest BCUT2D eigenvalue weighted by molar-refractivity contribution is -0.126. The number of amides is 2. The third-order valence-corrected chi connectivity index (χ3v) is 5.26. The van der Waals surface area contributed by atoms with Gasteiger partial charge >= 0.3 is 0 Å². The van der Waals surface area contributed by atoms with E-state index in [-0.39, 0.29) is 17.7 Å². The molecule has 0 saturated carbocycles. The molecule has 1 fully saturated rings. The second-order valence-corrected chi connectivity index (χ2v) is 7.61. The number of hydrogen-bond acceptors (Lipinski definition) is 2. The van der Waals surface area contributed by atoms with E-state index in [2.05, 4.69) is 11.4 Å². The van der Waals surface area contributed by atoms with Crippen LogP contribution in [-0.4, -0.2) is 29.8 Å². The largest absolute Gasteiger partial charge is 0.352 e. The zero-order valence-corrected chi connectivity index (χ0v) is 16.4. The minimum Gasteiger partial charge on any atom is -0.352 e. The molecule has 4 heteroatoms. The van der Waals surface area contributed by atoms with E-state index in [1.165, 1.54) is 5.56 Å².